The number of carbonyl (C=O) groups is 3. The van der Waals surface area contributed by atoms with Crippen molar-refractivity contribution in [3.05, 3.63) is 71.3 Å². The van der Waals surface area contributed by atoms with Crippen LogP contribution < -0.4 is 0 Å². The van der Waals surface area contributed by atoms with Crippen molar-refractivity contribution in [3.63, 3.8) is 0 Å². The van der Waals surface area contributed by atoms with E-state index in [1.807, 2.05) is 42.5 Å². The summed E-state index contributed by atoms with van der Waals surface area (Å²) in [4.78, 5) is 41.4. The summed E-state index contributed by atoms with van der Waals surface area (Å²) >= 11 is 0. The molecule has 30 heavy (non-hydrogen) atoms. The van der Waals surface area contributed by atoms with Crippen molar-refractivity contribution in [2.24, 2.45) is 0 Å². The van der Waals surface area contributed by atoms with Gasteiger partial charge in [-0.1, -0.05) is 54.6 Å². The number of fused-ring (bicyclic) bond motifs is 1. The van der Waals surface area contributed by atoms with Crippen molar-refractivity contribution >= 4 is 17.9 Å². The maximum absolute atomic E-state index is 13.6. The molecule has 0 bridgehead atoms. The van der Waals surface area contributed by atoms with Gasteiger partial charge in [0.2, 0.25) is 5.91 Å². The quantitative estimate of drug-likeness (QED) is 0.734. The van der Waals surface area contributed by atoms with Gasteiger partial charge in [-0.2, -0.15) is 0 Å². The maximum Gasteiger partial charge on any atom is 0.417 e. The molecule has 0 N–H and O–H groups in total. The second-order valence-electron chi connectivity index (χ2n) is 7.54. The molecule has 2 aromatic rings. The van der Waals surface area contributed by atoms with E-state index in [9.17, 15) is 18.8 Å². The van der Waals surface area contributed by atoms with E-state index in [-0.39, 0.29) is 31.9 Å². The van der Waals surface area contributed by atoms with Crippen molar-refractivity contribution in [1.82, 2.24) is 9.80 Å². The molecule has 0 radical (unpaired) electrons. The number of rotatable bonds is 6. The zero-order chi connectivity index (χ0) is 21.1. The number of nitrogens with zero attached hydrogens (tertiary/aromatic N) is 2. The minimum Gasteiger partial charge on any atom is -0.447 e. The summed E-state index contributed by atoms with van der Waals surface area (Å²) in [6.45, 7) is -0.368. The average molecular weight is 410 g/mol. The van der Waals surface area contributed by atoms with Gasteiger partial charge in [0.05, 0.1) is 19.1 Å². The second kappa shape index (κ2) is 8.65. The van der Waals surface area contributed by atoms with Gasteiger partial charge in [-0.15, -0.1) is 0 Å². The van der Waals surface area contributed by atoms with E-state index >= 15 is 0 Å². The van der Waals surface area contributed by atoms with Gasteiger partial charge in [0.1, 0.15) is 12.6 Å². The van der Waals surface area contributed by atoms with Crippen LogP contribution in [0.5, 0.6) is 0 Å². The van der Waals surface area contributed by atoms with E-state index in [0.29, 0.717) is 12.0 Å². The number of hydrogen-bond acceptors (Lipinski definition) is 4. The Balaban J connectivity index is 1.67. The molecule has 6 nitrogen and oxygen atoms in total. The number of cyclic esters (lactones) is 1. The largest absolute Gasteiger partial charge is 0.447 e. The Morgan fingerprint density at radius 2 is 1.80 bits per heavy atom. The Hall–Kier alpha value is -3.22. The zero-order valence-electron chi connectivity index (χ0n) is 16.5. The van der Waals surface area contributed by atoms with Gasteiger partial charge in [-0.3, -0.25) is 14.0 Å². The minimum absolute atomic E-state index is 0.103. The molecule has 1 fully saturated rings. The van der Waals surface area contributed by atoms with E-state index in [4.69, 9.17) is 4.74 Å². The molecule has 0 aromatic heterocycles. The predicted octanol–water partition coefficient (Wildman–Crippen LogP) is 3.06. The summed E-state index contributed by atoms with van der Waals surface area (Å²) in [6, 6.07) is 15.3. The molecule has 0 saturated carbocycles. The third-order valence-electron chi connectivity index (χ3n) is 5.60. The van der Waals surface area contributed by atoms with Gasteiger partial charge < -0.3 is 9.64 Å². The lowest BCUT2D eigenvalue weighted by Gasteiger charge is -2.38. The van der Waals surface area contributed by atoms with E-state index in [1.165, 1.54) is 4.90 Å². The molecule has 156 valence electrons. The summed E-state index contributed by atoms with van der Waals surface area (Å²) in [6.07, 6.45) is 0.0482. The molecule has 4 rings (SSSR count). The van der Waals surface area contributed by atoms with Crippen LogP contribution in [0, 0.1) is 0 Å². The second-order valence-corrected chi connectivity index (χ2v) is 7.54. The normalized spacial score (nSPS) is 20.8. The lowest BCUT2D eigenvalue weighted by molar-refractivity contribution is -0.146. The fourth-order valence-corrected chi connectivity index (χ4v) is 4.19. The molecule has 0 unspecified atom stereocenters. The summed E-state index contributed by atoms with van der Waals surface area (Å²) in [5.41, 5.74) is 2.41. The van der Waals surface area contributed by atoms with Gasteiger partial charge in [-0.05, 0) is 29.5 Å². The third kappa shape index (κ3) is 3.79. The van der Waals surface area contributed by atoms with Crippen molar-refractivity contribution in [2.75, 3.05) is 19.8 Å². The fourth-order valence-electron chi connectivity index (χ4n) is 4.19. The molecule has 2 aliphatic heterocycles. The van der Waals surface area contributed by atoms with E-state index < -0.39 is 30.8 Å². The topological polar surface area (TPSA) is 66.9 Å². The predicted molar refractivity (Wildman–Crippen MR) is 107 cm³/mol. The molecule has 7 heteroatoms. The molecule has 2 atom stereocenters. The highest BCUT2D eigenvalue weighted by molar-refractivity contribution is 6.00. The van der Waals surface area contributed by atoms with E-state index in [0.717, 1.165) is 16.0 Å². The Morgan fingerprint density at radius 1 is 1.07 bits per heavy atom. The van der Waals surface area contributed by atoms with Gasteiger partial charge >= 0.3 is 6.09 Å². The lowest BCUT2D eigenvalue weighted by atomic mass is 9.90. The first-order valence-electron chi connectivity index (χ1n) is 10.1. The number of amides is 3. The molecule has 2 aromatic carbocycles. The first-order chi connectivity index (χ1) is 14.6. The molecule has 2 heterocycles. The van der Waals surface area contributed by atoms with Crippen LogP contribution in [0.25, 0.3) is 0 Å². The molecule has 3 amide bonds. The van der Waals surface area contributed by atoms with Crippen molar-refractivity contribution < 1.29 is 23.5 Å². The number of ether oxygens (including phenoxy) is 1. The highest BCUT2D eigenvalue weighted by atomic mass is 19.1. The monoisotopic (exact) mass is 410 g/mol. The van der Waals surface area contributed by atoms with Crippen molar-refractivity contribution in [2.45, 2.75) is 31.3 Å². The number of carbonyl (C=O) groups excluding carboxylic acids is 3. The molecular formula is C23H23FN2O4. The number of benzene rings is 2. The third-order valence-corrected chi connectivity index (χ3v) is 5.60. The molecule has 2 aliphatic rings. The SMILES string of the molecule is O=C1Cc2ccccc2[C@@H](C(=O)N2C(=O)OC[C@@H]2Cc2ccccc2)N1CCCF. The lowest BCUT2D eigenvalue weighted by Crippen LogP contribution is -2.51. The number of imide groups is 1. The molecular weight excluding hydrogens is 387 g/mol. The Kier molecular flexibility index (Phi) is 5.79. The summed E-state index contributed by atoms with van der Waals surface area (Å²) in [5.74, 6) is -0.745. The Morgan fingerprint density at radius 3 is 2.57 bits per heavy atom. The maximum atomic E-state index is 13.6. The zero-order valence-corrected chi connectivity index (χ0v) is 16.5. The van der Waals surface area contributed by atoms with Crippen LogP contribution in [0.4, 0.5) is 9.18 Å². The van der Waals surface area contributed by atoms with Crippen LogP contribution >= 0.6 is 0 Å². The highest BCUT2D eigenvalue weighted by Gasteiger charge is 2.46. The van der Waals surface area contributed by atoms with Crippen LogP contribution in [0.2, 0.25) is 0 Å². The highest BCUT2D eigenvalue weighted by Crippen LogP contribution is 2.34. The van der Waals surface area contributed by atoms with Gasteiger partial charge in [0, 0.05) is 6.54 Å². The van der Waals surface area contributed by atoms with Crippen LogP contribution in [-0.4, -0.2) is 53.6 Å². The van der Waals surface area contributed by atoms with Crippen LogP contribution in [0.3, 0.4) is 0 Å². The van der Waals surface area contributed by atoms with Crippen molar-refractivity contribution in [3.8, 4) is 0 Å². The minimum atomic E-state index is -0.960. The van der Waals surface area contributed by atoms with Gasteiger partial charge in [0.25, 0.3) is 5.91 Å². The number of alkyl halides is 1. The first kappa shape index (κ1) is 20.1. The summed E-state index contributed by atoms with van der Waals surface area (Å²) in [5, 5.41) is 0. The van der Waals surface area contributed by atoms with Gasteiger partial charge in [-0.25, -0.2) is 9.69 Å². The van der Waals surface area contributed by atoms with E-state index in [1.54, 1.807) is 12.1 Å². The Bertz CT molecular complexity index is 949. The van der Waals surface area contributed by atoms with Crippen LogP contribution in [0.1, 0.15) is 29.2 Å². The van der Waals surface area contributed by atoms with E-state index in [2.05, 4.69) is 0 Å². The average Bonchev–Trinajstić information content (AvgIpc) is 3.12. The first-order valence-corrected chi connectivity index (χ1v) is 10.1. The summed E-state index contributed by atoms with van der Waals surface area (Å²) in [7, 11) is 0. The Labute approximate surface area is 174 Å². The smallest absolute Gasteiger partial charge is 0.417 e. The molecule has 0 aliphatic carbocycles. The number of halogens is 1. The molecule has 1 saturated heterocycles. The van der Waals surface area contributed by atoms with Crippen LogP contribution in [0.15, 0.2) is 54.6 Å². The van der Waals surface area contributed by atoms with Crippen molar-refractivity contribution in [1.29, 1.82) is 0 Å². The number of hydrogen-bond donors (Lipinski definition) is 0. The van der Waals surface area contributed by atoms with Gasteiger partial charge in [0.15, 0.2) is 0 Å². The van der Waals surface area contributed by atoms with Crippen LogP contribution in [-0.2, 0) is 27.2 Å². The molecule has 0 spiro atoms. The summed E-state index contributed by atoms with van der Waals surface area (Å²) < 4.78 is 18.1. The standard InChI is InChI=1S/C23H23FN2O4/c24-11-6-12-25-20(27)14-17-9-4-5-10-19(17)21(25)22(28)26-18(15-30-23(26)29)13-16-7-2-1-3-8-16/h1-5,7-10,18,21H,6,11-15H2/t18-,21-/m0/s1. The fraction of sp³-hybridized carbons (Fsp3) is 0.348.